The minimum Gasteiger partial charge on any atom is -0.481 e. The number of aliphatic carboxylic acids is 1. The number of carbonyl (C=O) groups excluding carboxylic acids is 1. The van der Waals surface area contributed by atoms with Crippen molar-refractivity contribution in [1.82, 2.24) is 4.90 Å². The molecule has 1 aromatic rings. The van der Waals surface area contributed by atoms with Crippen LogP contribution >= 0.6 is 0 Å². The maximum Gasteiger partial charge on any atom is 0.311 e. The van der Waals surface area contributed by atoms with Gasteiger partial charge in [0.1, 0.15) is 5.82 Å². The van der Waals surface area contributed by atoms with E-state index in [1.165, 1.54) is 12.1 Å². The van der Waals surface area contributed by atoms with Gasteiger partial charge in [-0.15, -0.1) is 0 Å². The van der Waals surface area contributed by atoms with Crippen LogP contribution in [0.15, 0.2) is 24.3 Å². The fourth-order valence-electron chi connectivity index (χ4n) is 3.38. The van der Waals surface area contributed by atoms with Gasteiger partial charge in [0.25, 0.3) is 0 Å². The first-order valence-corrected chi connectivity index (χ1v) is 8.09. The van der Waals surface area contributed by atoms with E-state index in [4.69, 9.17) is 0 Å². The van der Waals surface area contributed by atoms with Crippen LogP contribution in [0, 0.1) is 17.2 Å². The van der Waals surface area contributed by atoms with E-state index in [2.05, 4.69) is 0 Å². The standard InChI is InChI=1S/C18H24FNO3/c1-4-15(13-5-7-14(19)8-6-13)16(21)20-10-9-18(11-20,12(2)3)17(22)23/h5-8,12,15H,4,9-11H2,1-3H3,(H,22,23). The first kappa shape index (κ1) is 17.4. The van der Waals surface area contributed by atoms with Crippen LogP contribution in [0.1, 0.15) is 45.1 Å². The average molecular weight is 321 g/mol. The molecule has 1 saturated heterocycles. The second-order valence-corrected chi connectivity index (χ2v) is 6.64. The predicted octanol–water partition coefficient (Wildman–Crippen LogP) is 3.28. The number of halogens is 1. The number of benzene rings is 1. The van der Waals surface area contributed by atoms with E-state index in [0.717, 1.165) is 5.56 Å². The maximum absolute atomic E-state index is 13.1. The lowest BCUT2D eigenvalue weighted by atomic mass is 9.76. The normalized spacial score (nSPS) is 22.4. The van der Waals surface area contributed by atoms with Crippen molar-refractivity contribution in [3.8, 4) is 0 Å². The molecule has 2 atom stereocenters. The Morgan fingerprint density at radius 3 is 2.35 bits per heavy atom. The summed E-state index contributed by atoms with van der Waals surface area (Å²) in [5.74, 6) is -1.63. The molecule has 4 nitrogen and oxygen atoms in total. The molecule has 1 amide bonds. The molecule has 1 aliphatic rings. The molecule has 0 aliphatic carbocycles. The van der Waals surface area contributed by atoms with Crippen molar-refractivity contribution >= 4 is 11.9 Å². The summed E-state index contributed by atoms with van der Waals surface area (Å²) in [7, 11) is 0. The lowest BCUT2D eigenvalue weighted by molar-refractivity contribution is -0.151. The highest BCUT2D eigenvalue weighted by Gasteiger charge is 2.49. The van der Waals surface area contributed by atoms with Crippen molar-refractivity contribution in [2.45, 2.75) is 39.5 Å². The molecule has 1 N–H and O–H groups in total. The SMILES string of the molecule is CCC(C(=O)N1CCC(C(=O)O)(C(C)C)C1)c1ccc(F)cc1. The van der Waals surface area contributed by atoms with E-state index >= 15 is 0 Å². The highest BCUT2D eigenvalue weighted by molar-refractivity contribution is 5.85. The lowest BCUT2D eigenvalue weighted by Gasteiger charge is -2.29. The Morgan fingerprint density at radius 2 is 1.91 bits per heavy atom. The lowest BCUT2D eigenvalue weighted by Crippen LogP contribution is -2.41. The highest BCUT2D eigenvalue weighted by Crippen LogP contribution is 2.39. The summed E-state index contributed by atoms with van der Waals surface area (Å²) in [4.78, 5) is 26.2. The van der Waals surface area contributed by atoms with Crippen LogP contribution in [0.4, 0.5) is 4.39 Å². The Labute approximate surface area is 136 Å². The third-order valence-electron chi connectivity index (χ3n) is 5.12. The van der Waals surface area contributed by atoms with Gasteiger partial charge in [0.15, 0.2) is 0 Å². The number of amides is 1. The van der Waals surface area contributed by atoms with Gasteiger partial charge >= 0.3 is 5.97 Å². The fourth-order valence-corrected chi connectivity index (χ4v) is 3.38. The summed E-state index contributed by atoms with van der Waals surface area (Å²) < 4.78 is 13.1. The predicted molar refractivity (Wildman–Crippen MR) is 85.5 cm³/mol. The van der Waals surface area contributed by atoms with Gasteiger partial charge in [-0.2, -0.15) is 0 Å². The van der Waals surface area contributed by atoms with Gasteiger partial charge in [-0.05, 0) is 36.5 Å². The van der Waals surface area contributed by atoms with Crippen molar-refractivity contribution in [3.63, 3.8) is 0 Å². The number of hydrogen-bond donors (Lipinski definition) is 1. The van der Waals surface area contributed by atoms with E-state index < -0.39 is 11.4 Å². The smallest absolute Gasteiger partial charge is 0.311 e. The van der Waals surface area contributed by atoms with Gasteiger partial charge in [0.2, 0.25) is 5.91 Å². The number of carbonyl (C=O) groups is 2. The van der Waals surface area contributed by atoms with Crippen molar-refractivity contribution in [1.29, 1.82) is 0 Å². The van der Waals surface area contributed by atoms with Crippen LogP contribution in [-0.4, -0.2) is 35.0 Å². The van der Waals surface area contributed by atoms with Crippen LogP contribution in [-0.2, 0) is 9.59 Å². The summed E-state index contributed by atoms with van der Waals surface area (Å²) in [6.07, 6.45) is 1.08. The molecule has 0 aromatic heterocycles. The minimum absolute atomic E-state index is 0.0382. The molecule has 0 saturated carbocycles. The van der Waals surface area contributed by atoms with Crippen LogP contribution < -0.4 is 0 Å². The van der Waals surface area contributed by atoms with E-state index in [-0.39, 0.29) is 30.1 Å². The van der Waals surface area contributed by atoms with Crippen molar-refractivity contribution in [3.05, 3.63) is 35.6 Å². The monoisotopic (exact) mass is 321 g/mol. The van der Waals surface area contributed by atoms with Gasteiger partial charge in [0, 0.05) is 13.1 Å². The van der Waals surface area contributed by atoms with Crippen LogP contribution in [0.3, 0.4) is 0 Å². The van der Waals surface area contributed by atoms with Gasteiger partial charge in [-0.3, -0.25) is 9.59 Å². The Bertz CT molecular complexity index is 584. The van der Waals surface area contributed by atoms with Crippen LogP contribution in [0.25, 0.3) is 0 Å². The van der Waals surface area contributed by atoms with Gasteiger partial charge in [-0.25, -0.2) is 4.39 Å². The zero-order valence-electron chi connectivity index (χ0n) is 13.9. The number of hydrogen-bond acceptors (Lipinski definition) is 2. The van der Waals surface area contributed by atoms with E-state index in [9.17, 15) is 19.1 Å². The molecule has 0 bridgehead atoms. The number of likely N-dealkylation sites (tertiary alicyclic amines) is 1. The molecule has 1 aliphatic heterocycles. The largest absolute Gasteiger partial charge is 0.481 e. The summed E-state index contributed by atoms with van der Waals surface area (Å²) in [5.41, 5.74) is -0.0900. The second-order valence-electron chi connectivity index (χ2n) is 6.64. The zero-order valence-corrected chi connectivity index (χ0v) is 13.9. The summed E-state index contributed by atoms with van der Waals surface area (Å²) in [6, 6.07) is 5.96. The molecule has 5 heteroatoms. The minimum atomic E-state index is -0.864. The van der Waals surface area contributed by atoms with Crippen molar-refractivity contribution in [2.75, 3.05) is 13.1 Å². The highest BCUT2D eigenvalue weighted by atomic mass is 19.1. The molecule has 1 aromatic carbocycles. The average Bonchev–Trinajstić information content (AvgIpc) is 2.96. The van der Waals surface area contributed by atoms with Gasteiger partial charge in [0.05, 0.1) is 11.3 Å². The maximum atomic E-state index is 13.1. The van der Waals surface area contributed by atoms with E-state index in [1.807, 2.05) is 20.8 Å². The third-order valence-corrected chi connectivity index (χ3v) is 5.12. The van der Waals surface area contributed by atoms with Crippen LogP contribution in [0.5, 0.6) is 0 Å². The molecular weight excluding hydrogens is 297 g/mol. The molecule has 2 unspecified atom stereocenters. The third kappa shape index (κ3) is 3.23. The summed E-state index contributed by atoms with van der Waals surface area (Å²) in [5, 5.41) is 9.60. The Hall–Kier alpha value is -1.91. The molecule has 126 valence electrons. The zero-order chi connectivity index (χ0) is 17.2. The second kappa shape index (κ2) is 6.69. The van der Waals surface area contributed by atoms with E-state index in [0.29, 0.717) is 19.4 Å². The van der Waals surface area contributed by atoms with Crippen molar-refractivity contribution in [2.24, 2.45) is 11.3 Å². The molecule has 0 radical (unpaired) electrons. The molecule has 0 spiro atoms. The Morgan fingerprint density at radius 1 is 1.30 bits per heavy atom. The first-order chi connectivity index (χ1) is 10.8. The van der Waals surface area contributed by atoms with E-state index in [1.54, 1.807) is 17.0 Å². The molecule has 1 heterocycles. The molecule has 23 heavy (non-hydrogen) atoms. The quantitative estimate of drug-likeness (QED) is 0.905. The number of carboxylic acid groups (broad SMARTS) is 1. The number of nitrogens with zero attached hydrogens (tertiary/aromatic N) is 1. The fraction of sp³-hybridized carbons (Fsp3) is 0.556. The van der Waals surface area contributed by atoms with Crippen LogP contribution in [0.2, 0.25) is 0 Å². The molecule has 2 rings (SSSR count). The van der Waals surface area contributed by atoms with Gasteiger partial charge in [-0.1, -0.05) is 32.9 Å². The molecule has 1 fully saturated rings. The van der Waals surface area contributed by atoms with Crippen molar-refractivity contribution < 1.29 is 19.1 Å². The topological polar surface area (TPSA) is 57.6 Å². The van der Waals surface area contributed by atoms with Gasteiger partial charge < -0.3 is 10.0 Å². The Balaban J connectivity index is 2.19. The summed E-state index contributed by atoms with van der Waals surface area (Å²) in [6.45, 7) is 6.39. The summed E-state index contributed by atoms with van der Waals surface area (Å²) >= 11 is 0. The molecular formula is C18H24FNO3. The number of carboxylic acids is 1. The Kier molecular flexibility index (Phi) is 5.07. The number of rotatable bonds is 5. The first-order valence-electron chi connectivity index (χ1n) is 8.09.